The second-order valence-corrected chi connectivity index (χ2v) is 6.68. The topological polar surface area (TPSA) is 71.1 Å². The van der Waals surface area contributed by atoms with Crippen molar-refractivity contribution in [2.75, 3.05) is 12.4 Å². The molecule has 1 heterocycles. The molecule has 0 atom stereocenters. The molecule has 2 N–H and O–H groups in total. The van der Waals surface area contributed by atoms with Crippen LogP contribution >= 0.6 is 15.9 Å². The van der Waals surface area contributed by atoms with Gasteiger partial charge in [0.25, 0.3) is 0 Å². The second kappa shape index (κ2) is 6.34. The van der Waals surface area contributed by atoms with Crippen LogP contribution in [0.2, 0.25) is 0 Å². The number of hydrogen-bond acceptors (Lipinski definition) is 4. The van der Waals surface area contributed by atoms with E-state index >= 15 is 0 Å². The molecule has 2 rings (SSSR count). The van der Waals surface area contributed by atoms with Gasteiger partial charge >= 0.3 is 0 Å². The third kappa shape index (κ3) is 3.56. The number of aromatic nitrogens is 1. The van der Waals surface area contributed by atoms with E-state index in [-0.39, 0.29) is 4.90 Å². The Hall–Kier alpha value is -1.44. The second-order valence-electron chi connectivity index (χ2n) is 4.01. The summed E-state index contributed by atoms with van der Waals surface area (Å²) in [4.78, 5) is 4.51. The first-order chi connectivity index (χ1) is 9.53. The molecule has 0 spiro atoms. The quantitative estimate of drug-likeness (QED) is 0.807. The lowest BCUT2D eigenvalue weighted by Crippen LogP contribution is -2.20. The summed E-state index contributed by atoms with van der Waals surface area (Å²) in [6.45, 7) is 0.440. The summed E-state index contributed by atoms with van der Waals surface area (Å²) in [6.07, 6.45) is 0. The van der Waals surface area contributed by atoms with Crippen molar-refractivity contribution in [1.82, 2.24) is 9.71 Å². The van der Waals surface area contributed by atoms with Crippen molar-refractivity contribution in [2.45, 2.75) is 11.4 Å². The lowest BCUT2D eigenvalue weighted by Gasteiger charge is -2.11. The van der Waals surface area contributed by atoms with Gasteiger partial charge in [-0.2, -0.15) is 0 Å². The van der Waals surface area contributed by atoms with Gasteiger partial charge in [-0.3, -0.25) is 0 Å². The Balaban J connectivity index is 2.22. The predicted molar refractivity (Wildman–Crippen MR) is 82.0 cm³/mol. The van der Waals surface area contributed by atoms with Gasteiger partial charge in [0.15, 0.2) is 0 Å². The molecule has 1 aromatic heterocycles. The fourth-order valence-electron chi connectivity index (χ4n) is 1.69. The minimum absolute atomic E-state index is 0.220. The molecule has 0 unspecified atom stereocenters. The molecule has 0 aliphatic rings. The van der Waals surface area contributed by atoms with Gasteiger partial charge < -0.3 is 5.32 Å². The molecular formula is C13H14BrN3O2S. The predicted octanol–water partition coefficient (Wildman–Crippen LogP) is 2.36. The molecule has 5 nitrogen and oxygen atoms in total. The zero-order valence-electron chi connectivity index (χ0n) is 10.8. The minimum atomic E-state index is -3.48. The maximum Gasteiger partial charge on any atom is 0.242 e. The van der Waals surface area contributed by atoms with Crippen molar-refractivity contribution < 1.29 is 8.42 Å². The van der Waals surface area contributed by atoms with Crippen LogP contribution in [-0.2, 0) is 16.6 Å². The molecule has 106 valence electrons. The molecule has 0 saturated carbocycles. The maximum atomic E-state index is 11.9. The van der Waals surface area contributed by atoms with Crippen molar-refractivity contribution in [2.24, 2.45) is 0 Å². The number of nitrogens with one attached hydrogen (secondary N) is 2. The molecule has 0 amide bonds. The minimum Gasteiger partial charge on any atom is -0.378 e. The van der Waals surface area contributed by atoms with Gasteiger partial charge in [-0.25, -0.2) is 18.1 Å². The van der Waals surface area contributed by atoms with E-state index in [4.69, 9.17) is 0 Å². The summed E-state index contributed by atoms with van der Waals surface area (Å²) < 4.78 is 26.9. The van der Waals surface area contributed by atoms with Crippen LogP contribution in [0.1, 0.15) is 5.69 Å². The van der Waals surface area contributed by atoms with Gasteiger partial charge in [0.1, 0.15) is 9.50 Å². The summed E-state index contributed by atoms with van der Waals surface area (Å²) in [5.74, 6) is 0. The third-order valence-electron chi connectivity index (χ3n) is 2.68. The fraction of sp³-hybridized carbons (Fsp3) is 0.154. The molecule has 0 fully saturated rings. The summed E-state index contributed by atoms with van der Waals surface area (Å²) in [5.41, 5.74) is 1.36. The van der Waals surface area contributed by atoms with Crippen LogP contribution in [0.5, 0.6) is 0 Å². The maximum absolute atomic E-state index is 11.9. The Kier molecular flexibility index (Phi) is 4.74. The highest BCUT2D eigenvalue weighted by Gasteiger charge is 2.15. The number of benzene rings is 1. The standard InChI is InChI=1S/C13H14BrN3O2S/c1-15-20(18,19)12-7-3-2-6-11(12)16-9-10-5-4-8-13(14)17-10/h2-8,15-16H,9H2,1H3. The molecule has 0 bridgehead atoms. The van der Waals surface area contributed by atoms with Crippen molar-refractivity contribution >= 4 is 31.6 Å². The highest BCUT2D eigenvalue weighted by molar-refractivity contribution is 9.10. The average Bonchev–Trinajstić information content (AvgIpc) is 2.45. The van der Waals surface area contributed by atoms with Gasteiger partial charge in [0.05, 0.1) is 17.9 Å². The van der Waals surface area contributed by atoms with Gasteiger partial charge in [-0.05, 0) is 47.2 Å². The monoisotopic (exact) mass is 355 g/mol. The first kappa shape index (κ1) is 15.0. The smallest absolute Gasteiger partial charge is 0.242 e. The zero-order chi connectivity index (χ0) is 14.6. The Morgan fingerprint density at radius 1 is 1.15 bits per heavy atom. The van der Waals surface area contributed by atoms with Crippen molar-refractivity contribution in [3.05, 3.63) is 52.8 Å². The first-order valence-electron chi connectivity index (χ1n) is 5.91. The van der Waals surface area contributed by atoms with E-state index < -0.39 is 10.0 Å². The van der Waals surface area contributed by atoms with E-state index in [0.717, 1.165) is 10.3 Å². The molecule has 20 heavy (non-hydrogen) atoms. The van der Waals surface area contributed by atoms with E-state index in [1.54, 1.807) is 24.3 Å². The molecule has 0 aliphatic heterocycles. The fourth-order valence-corrected chi connectivity index (χ4v) is 2.98. The van der Waals surface area contributed by atoms with E-state index in [2.05, 4.69) is 31.0 Å². The first-order valence-corrected chi connectivity index (χ1v) is 8.18. The average molecular weight is 356 g/mol. The Morgan fingerprint density at radius 2 is 1.90 bits per heavy atom. The zero-order valence-corrected chi connectivity index (χ0v) is 13.2. The summed E-state index contributed by atoms with van der Waals surface area (Å²) in [5, 5.41) is 3.09. The lowest BCUT2D eigenvalue weighted by molar-refractivity contribution is 0.588. The number of sulfonamides is 1. The van der Waals surface area contributed by atoms with Crippen molar-refractivity contribution in [3.8, 4) is 0 Å². The van der Waals surface area contributed by atoms with E-state index in [9.17, 15) is 8.42 Å². The number of halogens is 1. The van der Waals surface area contributed by atoms with Crippen LogP contribution in [0, 0.1) is 0 Å². The summed E-state index contributed by atoms with van der Waals surface area (Å²) >= 11 is 3.30. The van der Waals surface area contributed by atoms with E-state index in [0.29, 0.717) is 12.2 Å². The van der Waals surface area contributed by atoms with Crippen LogP contribution in [-0.4, -0.2) is 20.4 Å². The molecule has 2 aromatic rings. The van der Waals surface area contributed by atoms with E-state index in [1.807, 2.05) is 18.2 Å². The summed E-state index contributed by atoms with van der Waals surface area (Å²) in [7, 11) is -2.09. The van der Waals surface area contributed by atoms with E-state index in [1.165, 1.54) is 7.05 Å². The van der Waals surface area contributed by atoms with Gasteiger partial charge in [0.2, 0.25) is 10.0 Å². The number of para-hydroxylation sites is 1. The highest BCUT2D eigenvalue weighted by atomic mass is 79.9. The molecule has 1 aromatic carbocycles. The highest BCUT2D eigenvalue weighted by Crippen LogP contribution is 2.21. The Bertz CT molecular complexity index is 704. The Morgan fingerprint density at radius 3 is 2.60 bits per heavy atom. The molecule has 0 saturated heterocycles. The lowest BCUT2D eigenvalue weighted by atomic mass is 10.3. The van der Waals surface area contributed by atoms with Crippen LogP contribution in [0.25, 0.3) is 0 Å². The Labute approximate surface area is 126 Å². The molecule has 0 radical (unpaired) electrons. The van der Waals surface area contributed by atoms with Crippen molar-refractivity contribution in [3.63, 3.8) is 0 Å². The molecular weight excluding hydrogens is 342 g/mol. The molecule has 0 aliphatic carbocycles. The van der Waals surface area contributed by atoms with Gasteiger partial charge in [0, 0.05) is 0 Å². The number of anilines is 1. The normalized spacial score (nSPS) is 11.3. The third-order valence-corrected chi connectivity index (χ3v) is 4.59. The van der Waals surface area contributed by atoms with Gasteiger partial charge in [-0.1, -0.05) is 18.2 Å². The van der Waals surface area contributed by atoms with Crippen LogP contribution in [0.15, 0.2) is 52.0 Å². The largest absolute Gasteiger partial charge is 0.378 e. The van der Waals surface area contributed by atoms with Crippen LogP contribution in [0.3, 0.4) is 0 Å². The van der Waals surface area contributed by atoms with Crippen LogP contribution < -0.4 is 10.0 Å². The van der Waals surface area contributed by atoms with Gasteiger partial charge in [-0.15, -0.1) is 0 Å². The molecule has 7 heteroatoms. The number of pyridine rings is 1. The number of nitrogens with zero attached hydrogens (tertiary/aromatic N) is 1. The SMILES string of the molecule is CNS(=O)(=O)c1ccccc1NCc1cccc(Br)n1. The van der Waals surface area contributed by atoms with Crippen molar-refractivity contribution in [1.29, 1.82) is 0 Å². The number of rotatable bonds is 5. The summed E-state index contributed by atoms with van der Waals surface area (Å²) in [6, 6.07) is 12.3. The van der Waals surface area contributed by atoms with Crippen LogP contribution in [0.4, 0.5) is 5.69 Å². The number of hydrogen-bond donors (Lipinski definition) is 2.